The third kappa shape index (κ3) is 1.81. The van der Waals surface area contributed by atoms with Crippen molar-refractivity contribution in [2.75, 3.05) is 13.7 Å². The number of aliphatic hydroxyl groups excluding tert-OH is 1. The number of aliphatic hydroxyl groups is 1. The number of hydrogen-bond acceptors (Lipinski definition) is 3. The monoisotopic (exact) mass is 166 g/mol. The second-order valence-corrected chi connectivity index (χ2v) is 2.76. The number of likely N-dealkylation sites (N-methyl/N-ethyl adjacent to an activating group) is 1. The van der Waals surface area contributed by atoms with Gasteiger partial charge in [0.05, 0.1) is 12.6 Å². The Hall–Kier alpha value is -0.930. The maximum atomic E-state index is 9.01. The van der Waals surface area contributed by atoms with E-state index in [0.29, 0.717) is 0 Å². The van der Waals surface area contributed by atoms with Crippen molar-refractivity contribution in [2.24, 2.45) is 0 Å². The molecule has 1 heterocycles. The molecule has 0 aromatic carbocycles. The van der Waals surface area contributed by atoms with Crippen LogP contribution in [0.15, 0.2) is 18.5 Å². The highest BCUT2D eigenvalue weighted by Gasteiger charge is 2.09. The molecule has 0 spiro atoms. The van der Waals surface area contributed by atoms with Crippen LogP contribution in [-0.4, -0.2) is 23.7 Å². The van der Waals surface area contributed by atoms with Gasteiger partial charge >= 0.3 is 0 Å². The van der Waals surface area contributed by atoms with Gasteiger partial charge in [-0.25, -0.2) is 0 Å². The van der Waals surface area contributed by atoms with Gasteiger partial charge in [0, 0.05) is 12.4 Å². The summed E-state index contributed by atoms with van der Waals surface area (Å²) in [5.41, 5.74) is 2.21. The van der Waals surface area contributed by atoms with Gasteiger partial charge in [-0.05, 0) is 31.2 Å². The van der Waals surface area contributed by atoms with Crippen LogP contribution in [0.1, 0.15) is 17.2 Å². The zero-order valence-corrected chi connectivity index (χ0v) is 7.41. The standard InChI is InChI=1S/C9H14N2O/c1-7-3-4-11-5-8(7)9(6-12)10-2/h3-5,9-10,12H,6H2,1-2H3. The normalized spacial score (nSPS) is 12.9. The molecule has 66 valence electrons. The van der Waals surface area contributed by atoms with E-state index < -0.39 is 0 Å². The van der Waals surface area contributed by atoms with E-state index in [1.807, 2.05) is 20.0 Å². The summed E-state index contributed by atoms with van der Waals surface area (Å²) in [4.78, 5) is 4.01. The van der Waals surface area contributed by atoms with E-state index in [9.17, 15) is 0 Å². The third-order valence-corrected chi connectivity index (χ3v) is 1.99. The van der Waals surface area contributed by atoms with Crippen LogP contribution in [0.3, 0.4) is 0 Å². The fraction of sp³-hybridized carbons (Fsp3) is 0.444. The van der Waals surface area contributed by atoms with Crippen molar-refractivity contribution >= 4 is 0 Å². The van der Waals surface area contributed by atoms with Gasteiger partial charge in [0.15, 0.2) is 0 Å². The molecule has 0 fully saturated rings. The van der Waals surface area contributed by atoms with E-state index in [-0.39, 0.29) is 12.6 Å². The first-order valence-corrected chi connectivity index (χ1v) is 3.98. The first-order chi connectivity index (χ1) is 5.79. The Labute approximate surface area is 72.5 Å². The molecule has 3 nitrogen and oxygen atoms in total. The number of pyridine rings is 1. The van der Waals surface area contributed by atoms with E-state index in [1.54, 1.807) is 12.4 Å². The fourth-order valence-electron chi connectivity index (χ4n) is 1.19. The Balaban J connectivity index is 2.92. The smallest absolute Gasteiger partial charge is 0.0627 e. The fourth-order valence-corrected chi connectivity index (χ4v) is 1.19. The molecule has 2 N–H and O–H groups in total. The molecular weight excluding hydrogens is 152 g/mol. The van der Waals surface area contributed by atoms with Crippen molar-refractivity contribution in [3.05, 3.63) is 29.6 Å². The van der Waals surface area contributed by atoms with Gasteiger partial charge < -0.3 is 10.4 Å². The maximum Gasteiger partial charge on any atom is 0.0627 e. The predicted octanol–water partition coefficient (Wildman–Crippen LogP) is 0.643. The molecule has 0 aliphatic heterocycles. The molecule has 3 heteroatoms. The molecular formula is C9H14N2O. The molecule has 0 aliphatic rings. The van der Waals surface area contributed by atoms with Gasteiger partial charge in [-0.3, -0.25) is 4.98 Å². The van der Waals surface area contributed by atoms with E-state index in [1.165, 1.54) is 0 Å². The molecule has 0 amide bonds. The van der Waals surface area contributed by atoms with E-state index in [4.69, 9.17) is 5.11 Å². The van der Waals surface area contributed by atoms with Gasteiger partial charge in [-0.15, -0.1) is 0 Å². The van der Waals surface area contributed by atoms with Crippen LogP contribution >= 0.6 is 0 Å². The molecule has 1 rings (SSSR count). The number of aryl methyl sites for hydroxylation is 1. The number of hydrogen-bond donors (Lipinski definition) is 2. The van der Waals surface area contributed by atoms with Crippen LogP contribution in [-0.2, 0) is 0 Å². The van der Waals surface area contributed by atoms with Crippen LogP contribution in [0.25, 0.3) is 0 Å². The second-order valence-electron chi connectivity index (χ2n) is 2.76. The van der Waals surface area contributed by atoms with Gasteiger partial charge in [0.25, 0.3) is 0 Å². The zero-order chi connectivity index (χ0) is 8.97. The molecule has 1 atom stereocenters. The Morgan fingerprint density at radius 3 is 2.92 bits per heavy atom. The molecule has 0 aliphatic carbocycles. The highest BCUT2D eigenvalue weighted by atomic mass is 16.3. The van der Waals surface area contributed by atoms with Gasteiger partial charge in [0.1, 0.15) is 0 Å². The summed E-state index contributed by atoms with van der Waals surface area (Å²) in [6.07, 6.45) is 3.54. The Kier molecular flexibility index (Phi) is 3.19. The third-order valence-electron chi connectivity index (χ3n) is 1.99. The van der Waals surface area contributed by atoms with Crippen molar-refractivity contribution in [3.63, 3.8) is 0 Å². The van der Waals surface area contributed by atoms with Gasteiger partial charge in [-0.2, -0.15) is 0 Å². The Bertz CT molecular complexity index is 246. The van der Waals surface area contributed by atoms with Crippen molar-refractivity contribution in [1.29, 1.82) is 0 Å². The first kappa shape index (κ1) is 9.16. The summed E-state index contributed by atoms with van der Waals surface area (Å²) in [7, 11) is 1.83. The number of nitrogens with zero attached hydrogens (tertiary/aromatic N) is 1. The SMILES string of the molecule is CNC(CO)c1cnccc1C. The van der Waals surface area contributed by atoms with Crippen LogP contribution in [0.2, 0.25) is 0 Å². The minimum Gasteiger partial charge on any atom is -0.394 e. The van der Waals surface area contributed by atoms with Crippen molar-refractivity contribution in [2.45, 2.75) is 13.0 Å². The van der Waals surface area contributed by atoms with Crippen LogP contribution in [0, 0.1) is 6.92 Å². The summed E-state index contributed by atoms with van der Waals surface area (Å²) < 4.78 is 0. The lowest BCUT2D eigenvalue weighted by Gasteiger charge is -2.14. The lowest BCUT2D eigenvalue weighted by atomic mass is 10.1. The summed E-state index contributed by atoms with van der Waals surface area (Å²) in [6, 6.07) is 1.94. The van der Waals surface area contributed by atoms with E-state index in [2.05, 4.69) is 10.3 Å². The molecule has 1 unspecified atom stereocenters. The van der Waals surface area contributed by atoms with Crippen molar-refractivity contribution < 1.29 is 5.11 Å². The summed E-state index contributed by atoms with van der Waals surface area (Å²) in [5.74, 6) is 0. The van der Waals surface area contributed by atoms with Crippen LogP contribution in [0.5, 0.6) is 0 Å². The summed E-state index contributed by atoms with van der Waals surface area (Å²) in [5, 5.41) is 12.0. The van der Waals surface area contributed by atoms with E-state index >= 15 is 0 Å². The maximum absolute atomic E-state index is 9.01. The second kappa shape index (κ2) is 4.18. The highest BCUT2D eigenvalue weighted by Crippen LogP contribution is 2.14. The van der Waals surface area contributed by atoms with Crippen molar-refractivity contribution in [1.82, 2.24) is 10.3 Å². The summed E-state index contributed by atoms with van der Waals surface area (Å²) >= 11 is 0. The average molecular weight is 166 g/mol. The van der Waals surface area contributed by atoms with Gasteiger partial charge in [-0.1, -0.05) is 0 Å². The molecule has 0 saturated carbocycles. The van der Waals surface area contributed by atoms with Crippen LogP contribution in [0.4, 0.5) is 0 Å². The minimum absolute atomic E-state index is 0.00120. The molecule has 0 radical (unpaired) electrons. The Morgan fingerprint density at radius 1 is 1.67 bits per heavy atom. The minimum atomic E-state index is -0.00120. The number of rotatable bonds is 3. The zero-order valence-electron chi connectivity index (χ0n) is 7.41. The number of aromatic nitrogens is 1. The molecule has 0 saturated heterocycles. The predicted molar refractivity (Wildman–Crippen MR) is 47.9 cm³/mol. The average Bonchev–Trinajstić information content (AvgIpc) is 2.10. The molecule has 1 aromatic rings. The largest absolute Gasteiger partial charge is 0.394 e. The molecule has 12 heavy (non-hydrogen) atoms. The molecule has 1 aromatic heterocycles. The summed E-state index contributed by atoms with van der Waals surface area (Å²) in [6.45, 7) is 2.11. The van der Waals surface area contributed by atoms with E-state index in [0.717, 1.165) is 11.1 Å². The quantitative estimate of drug-likeness (QED) is 0.692. The van der Waals surface area contributed by atoms with Crippen molar-refractivity contribution in [3.8, 4) is 0 Å². The van der Waals surface area contributed by atoms with Gasteiger partial charge in [0.2, 0.25) is 0 Å². The lowest BCUT2D eigenvalue weighted by Crippen LogP contribution is -2.20. The molecule has 0 bridgehead atoms. The topological polar surface area (TPSA) is 45.1 Å². The first-order valence-electron chi connectivity index (χ1n) is 3.98. The van der Waals surface area contributed by atoms with Crippen LogP contribution < -0.4 is 5.32 Å². The Morgan fingerprint density at radius 2 is 2.42 bits per heavy atom. The number of nitrogens with one attached hydrogen (secondary N) is 1. The lowest BCUT2D eigenvalue weighted by molar-refractivity contribution is 0.250. The highest BCUT2D eigenvalue weighted by molar-refractivity contribution is 5.24.